The Bertz CT molecular complexity index is 1150. The van der Waals surface area contributed by atoms with Gasteiger partial charge in [0.2, 0.25) is 0 Å². The third-order valence-electron chi connectivity index (χ3n) is 4.11. The number of rotatable bonds is 4. The summed E-state index contributed by atoms with van der Waals surface area (Å²) in [4.78, 5) is 4.14. The lowest BCUT2D eigenvalue weighted by Crippen LogP contribution is -2.05. The normalized spacial score (nSPS) is 11.5. The summed E-state index contributed by atoms with van der Waals surface area (Å²) in [6.07, 6.45) is -4.67. The van der Waals surface area contributed by atoms with E-state index in [0.717, 1.165) is 12.1 Å². The molecule has 3 rings (SSSR count). The van der Waals surface area contributed by atoms with E-state index in [1.54, 1.807) is 31.2 Å². The number of anilines is 3. The number of benzene rings is 2. The minimum Gasteiger partial charge on any atom is -0.383 e. The van der Waals surface area contributed by atoms with Crippen molar-refractivity contribution >= 4 is 40.3 Å². The number of nitrogens with two attached hydrogens (primary N) is 1. The summed E-state index contributed by atoms with van der Waals surface area (Å²) >= 11 is 5.70. The third kappa shape index (κ3) is 4.50. The Labute approximate surface area is 174 Å². The fraction of sp³-hybridized carbons (Fsp3) is 0.100. The molecule has 0 atom stereocenters. The van der Waals surface area contributed by atoms with E-state index < -0.39 is 17.4 Å². The van der Waals surface area contributed by atoms with Crippen molar-refractivity contribution in [2.45, 2.75) is 13.1 Å². The van der Waals surface area contributed by atoms with Crippen LogP contribution in [0.3, 0.4) is 0 Å². The summed E-state index contributed by atoms with van der Waals surface area (Å²) in [5, 5.41) is 20.0. The van der Waals surface area contributed by atoms with E-state index >= 15 is 0 Å². The van der Waals surface area contributed by atoms with Gasteiger partial charge < -0.3 is 11.1 Å². The first kappa shape index (κ1) is 21.1. The van der Waals surface area contributed by atoms with Crippen molar-refractivity contribution in [2.24, 2.45) is 10.2 Å². The molecule has 0 fully saturated rings. The van der Waals surface area contributed by atoms with Crippen molar-refractivity contribution in [2.75, 3.05) is 11.1 Å². The van der Waals surface area contributed by atoms with Gasteiger partial charge >= 0.3 is 6.18 Å². The van der Waals surface area contributed by atoms with Crippen molar-refractivity contribution < 1.29 is 13.2 Å². The molecule has 0 unspecified atom stereocenters. The van der Waals surface area contributed by atoms with Gasteiger partial charge in [-0.15, -0.1) is 10.2 Å². The second kappa shape index (κ2) is 8.39. The monoisotopic (exact) mass is 430 g/mol. The van der Waals surface area contributed by atoms with Crippen molar-refractivity contribution in [3.63, 3.8) is 0 Å². The molecule has 10 heteroatoms. The number of nitrogens with one attached hydrogen (secondary N) is 1. The van der Waals surface area contributed by atoms with Crippen LogP contribution in [0.15, 0.2) is 58.8 Å². The zero-order valence-corrected chi connectivity index (χ0v) is 16.3. The second-order valence-corrected chi connectivity index (χ2v) is 6.59. The Balaban J connectivity index is 2.13. The van der Waals surface area contributed by atoms with E-state index in [-0.39, 0.29) is 27.9 Å². The molecule has 0 aliphatic heterocycles. The van der Waals surface area contributed by atoms with E-state index in [4.69, 9.17) is 17.3 Å². The molecule has 152 valence electrons. The lowest BCUT2D eigenvalue weighted by Gasteiger charge is -2.13. The van der Waals surface area contributed by atoms with E-state index in [9.17, 15) is 18.4 Å². The quantitative estimate of drug-likeness (QED) is 0.451. The zero-order chi connectivity index (χ0) is 21.9. The molecule has 0 bridgehead atoms. The predicted molar refractivity (Wildman–Crippen MR) is 108 cm³/mol. The van der Waals surface area contributed by atoms with Crippen molar-refractivity contribution in [3.8, 4) is 6.07 Å². The van der Waals surface area contributed by atoms with Crippen LogP contribution in [0.4, 0.5) is 41.9 Å². The van der Waals surface area contributed by atoms with E-state index in [0.29, 0.717) is 11.3 Å². The molecule has 1 heterocycles. The Morgan fingerprint density at radius 2 is 1.83 bits per heavy atom. The van der Waals surface area contributed by atoms with Crippen LogP contribution in [0, 0.1) is 18.3 Å². The van der Waals surface area contributed by atoms with Gasteiger partial charge in [0.15, 0.2) is 5.82 Å². The molecule has 0 saturated heterocycles. The van der Waals surface area contributed by atoms with Gasteiger partial charge in [0.25, 0.3) is 0 Å². The van der Waals surface area contributed by atoms with E-state index in [1.165, 1.54) is 6.07 Å². The molecule has 0 radical (unpaired) electrons. The standard InChI is InChI=1S/C20H14ClF3N6/c1-11-14(10-25)18(26)28-19(27-13-5-3-2-4-6-13)17(11)30-29-16-8-7-12(21)9-15(16)20(22,23)24/h2-9H,1H3,(H3,26,27,28)/b30-29+. The number of nitrogen functional groups attached to an aromatic ring is 1. The molecule has 1 aromatic heterocycles. The first-order chi connectivity index (χ1) is 14.2. The number of nitrogens with zero attached hydrogens (tertiary/aromatic N) is 4. The van der Waals surface area contributed by atoms with Crippen molar-refractivity contribution in [1.29, 1.82) is 5.26 Å². The summed E-state index contributed by atoms with van der Waals surface area (Å²) < 4.78 is 40.0. The van der Waals surface area contributed by atoms with Crippen LogP contribution in [-0.2, 0) is 6.18 Å². The van der Waals surface area contributed by atoms with Gasteiger partial charge in [0, 0.05) is 16.3 Å². The Hall–Kier alpha value is -3.64. The molecule has 6 nitrogen and oxygen atoms in total. The largest absolute Gasteiger partial charge is 0.418 e. The van der Waals surface area contributed by atoms with E-state index in [2.05, 4.69) is 20.5 Å². The van der Waals surface area contributed by atoms with Gasteiger partial charge in [-0.2, -0.15) is 18.4 Å². The summed E-state index contributed by atoms with van der Waals surface area (Å²) in [5.74, 6) is 0.122. The summed E-state index contributed by atoms with van der Waals surface area (Å²) in [6, 6.07) is 14.0. The smallest absolute Gasteiger partial charge is 0.383 e. The van der Waals surface area contributed by atoms with Crippen LogP contribution in [-0.4, -0.2) is 4.98 Å². The van der Waals surface area contributed by atoms with Crippen molar-refractivity contribution in [3.05, 3.63) is 70.2 Å². The number of hydrogen-bond acceptors (Lipinski definition) is 6. The predicted octanol–water partition coefficient (Wildman–Crippen LogP) is 6.68. The van der Waals surface area contributed by atoms with Crippen LogP contribution in [0.2, 0.25) is 5.02 Å². The third-order valence-corrected chi connectivity index (χ3v) is 4.35. The summed E-state index contributed by atoms with van der Waals surface area (Å²) in [5.41, 5.74) is 5.53. The number of pyridine rings is 1. The molecular weight excluding hydrogens is 417 g/mol. The highest BCUT2D eigenvalue weighted by Crippen LogP contribution is 2.40. The van der Waals surface area contributed by atoms with Gasteiger partial charge in [0.05, 0.1) is 16.8 Å². The fourth-order valence-corrected chi connectivity index (χ4v) is 2.82. The number of azo groups is 1. The molecule has 0 amide bonds. The van der Waals surface area contributed by atoms with Crippen molar-refractivity contribution in [1.82, 2.24) is 4.98 Å². The molecule has 3 aromatic rings. The zero-order valence-electron chi connectivity index (χ0n) is 15.5. The fourth-order valence-electron chi connectivity index (χ4n) is 2.65. The minimum absolute atomic E-state index is 0.0325. The van der Waals surface area contributed by atoms with Gasteiger partial charge in [-0.05, 0) is 37.3 Å². The average molecular weight is 431 g/mol. The molecular formula is C20H14ClF3N6. The maximum atomic E-state index is 13.3. The number of para-hydroxylation sites is 1. The summed E-state index contributed by atoms with van der Waals surface area (Å²) in [7, 11) is 0. The second-order valence-electron chi connectivity index (χ2n) is 6.16. The molecule has 30 heavy (non-hydrogen) atoms. The Kier molecular flexibility index (Phi) is 5.89. The molecule has 0 saturated carbocycles. The molecule has 0 aliphatic carbocycles. The highest BCUT2D eigenvalue weighted by molar-refractivity contribution is 6.30. The highest BCUT2D eigenvalue weighted by atomic mass is 35.5. The van der Waals surface area contributed by atoms with Gasteiger partial charge in [0.1, 0.15) is 17.6 Å². The Morgan fingerprint density at radius 3 is 2.47 bits per heavy atom. The maximum absolute atomic E-state index is 13.3. The molecule has 0 aliphatic rings. The van der Waals surface area contributed by atoms with Gasteiger partial charge in [-0.1, -0.05) is 29.8 Å². The maximum Gasteiger partial charge on any atom is 0.418 e. The highest BCUT2D eigenvalue weighted by Gasteiger charge is 2.34. The van der Waals surface area contributed by atoms with Crippen LogP contribution in [0.25, 0.3) is 0 Å². The van der Waals surface area contributed by atoms with E-state index in [1.807, 2.05) is 12.1 Å². The molecule has 2 aromatic carbocycles. The van der Waals surface area contributed by atoms with Gasteiger partial charge in [-0.3, -0.25) is 0 Å². The van der Waals surface area contributed by atoms with Crippen LogP contribution >= 0.6 is 11.6 Å². The van der Waals surface area contributed by atoms with Gasteiger partial charge in [-0.25, -0.2) is 4.98 Å². The number of hydrogen-bond donors (Lipinski definition) is 2. The average Bonchev–Trinajstić information content (AvgIpc) is 2.69. The SMILES string of the molecule is Cc1c(C#N)c(N)nc(Nc2ccccc2)c1/N=N/c1ccc(Cl)cc1C(F)(F)F. The number of aromatic nitrogens is 1. The first-order valence-corrected chi connectivity index (χ1v) is 8.89. The van der Waals surface area contributed by atoms with Crippen LogP contribution in [0.1, 0.15) is 16.7 Å². The van der Waals surface area contributed by atoms with Crippen LogP contribution in [0.5, 0.6) is 0 Å². The minimum atomic E-state index is -4.67. The Morgan fingerprint density at radius 1 is 1.13 bits per heavy atom. The lowest BCUT2D eigenvalue weighted by atomic mass is 10.1. The molecule has 3 N–H and O–H groups in total. The number of halogens is 4. The number of nitriles is 1. The first-order valence-electron chi connectivity index (χ1n) is 8.51. The number of alkyl halides is 3. The van der Waals surface area contributed by atoms with Crippen LogP contribution < -0.4 is 11.1 Å². The molecule has 0 spiro atoms. The summed E-state index contributed by atoms with van der Waals surface area (Å²) in [6.45, 7) is 1.56. The topological polar surface area (TPSA) is 99.5 Å². The lowest BCUT2D eigenvalue weighted by molar-refractivity contribution is -0.137.